The van der Waals surface area contributed by atoms with Crippen LogP contribution in [-0.4, -0.2) is 53.1 Å². The molecular weight excluding hydrogens is 274 g/mol. The molecule has 0 radical (unpaired) electrons. The third-order valence-electron chi connectivity index (χ3n) is 3.61. The van der Waals surface area contributed by atoms with Crippen LogP contribution in [0.4, 0.5) is 4.79 Å². The maximum Gasteiger partial charge on any atom is 0.321 e. The lowest BCUT2D eigenvalue weighted by Crippen LogP contribution is -2.49. The Labute approximate surface area is 125 Å². The van der Waals surface area contributed by atoms with Crippen LogP contribution in [0.1, 0.15) is 46.0 Å². The van der Waals surface area contributed by atoms with Crippen LogP contribution < -0.4 is 10.6 Å². The number of nitrogens with zero attached hydrogens (tertiary/aromatic N) is 1. The number of hydrogen-bond donors (Lipinski definition) is 3. The summed E-state index contributed by atoms with van der Waals surface area (Å²) in [5, 5.41) is 13.8. The molecule has 0 aromatic carbocycles. The minimum atomic E-state index is -0.997. The Kier molecular flexibility index (Phi) is 7.14. The molecular formula is C14H25N3O4. The van der Waals surface area contributed by atoms with E-state index in [1.165, 1.54) is 11.3 Å². The first kappa shape index (κ1) is 17.4. The molecule has 1 aliphatic carbocycles. The molecule has 120 valence electrons. The van der Waals surface area contributed by atoms with E-state index in [2.05, 4.69) is 10.6 Å². The molecule has 1 rings (SSSR count). The van der Waals surface area contributed by atoms with Gasteiger partial charge < -0.3 is 10.4 Å². The van der Waals surface area contributed by atoms with Crippen LogP contribution in [0.3, 0.4) is 0 Å². The van der Waals surface area contributed by atoms with Gasteiger partial charge in [0.15, 0.2) is 0 Å². The Morgan fingerprint density at radius 2 is 1.76 bits per heavy atom. The van der Waals surface area contributed by atoms with E-state index in [4.69, 9.17) is 5.11 Å². The number of carbonyl (C=O) groups is 3. The first-order valence-electron chi connectivity index (χ1n) is 7.44. The smallest absolute Gasteiger partial charge is 0.321 e. The fourth-order valence-corrected chi connectivity index (χ4v) is 2.41. The summed E-state index contributed by atoms with van der Waals surface area (Å²) in [6.45, 7) is 3.27. The van der Waals surface area contributed by atoms with Crippen LogP contribution in [0.2, 0.25) is 0 Å². The lowest BCUT2D eigenvalue weighted by atomic mass is 9.96. The largest absolute Gasteiger partial charge is 0.480 e. The molecule has 0 bridgehead atoms. The van der Waals surface area contributed by atoms with Gasteiger partial charge in [-0.25, -0.2) is 4.79 Å². The zero-order valence-corrected chi connectivity index (χ0v) is 12.7. The van der Waals surface area contributed by atoms with E-state index in [1.54, 1.807) is 13.8 Å². The Morgan fingerprint density at radius 1 is 1.14 bits per heavy atom. The average Bonchev–Trinajstić information content (AvgIpc) is 2.38. The van der Waals surface area contributed by atoms with Crippen LogP contribution in [-0.2, 0) is 9.59 Å². The van der Waals surface area contributed by atoms with Gasteiger partial charge in [0.1, 0.15) is 0 Å². The number of carboxylic acid groups (broad SMARTS) is 1. The van der Waals surface area contributed by atoms with Crippen molar-refractivity contribution in [2.24, 2.45) is 0 Å². The van der Waals surface area contributed by atoms with Gasteiger partial charge in [0, 0.05) is 12.1 Å². The zero-order chi connectivity index (χ0) is 15.8. The molecule has 1 aliphatic rings. The van der Waals surface area contributed by atoms with Gasteiger partial charge in [-0.15, -0.1) is 0 Å². The van der Waals surface area contributed by atoms with E-state index >= 15 is 0 Å². The number of amides is 3. The molecule has 0 aromatic rings. The molecule has 21 heavy (non-hydrogen) atoms. The molecule has 3 N–H and O–H groups in total. The van der Waals surface area contributed by atoms with Crippen LogP contribution >= 0.6 is 0 Å². The first-order valence-corrected chi connectivity index (χ1v) is 7.44. The van der Waals surface area contributed by atoms with Crippen molar-refractivity contribution < 1.29 is 19.5 Å². The highest BCUT2D eigenvalue weighted by Gasteiger charge is 2.20. The fraction of sp³-hybridized carbons (Fsp3) is 0.786. The molecule has 7 nitrogen and oxygen atoms in total. The quantitative estimate of drug-likeness (QED) is 0.678. The molecule has 0 saturated heterocycles. The number of carboxylic acids is 1. The fourth-order valence-electron chi connectivity index (χ4n) is 2.41. The third-order valence-corrected chi connectivity index (χ3v) is 3.61. The van der Waals surface area contributed by atoms with Gasteiger partial charge in [-0.1, -0.05) is 19.3 Å². The van der Waals surface area contributed by atoms with Gasteiger partial charge in [-0.05, 0) is 26.7 Å². The maximum atomic E-state index is 11.8. The minimum absolute atomic E-state index is 0.0896. The molecule has 0 heterocycles. The van der Waals surface area contributed by atoms with Crippen molar-refractivity contribution >= 4 is 17.9 Å². The van der Waals surface area contributed by atoms with E-state index in [-0.39, 0.29) is 25.2 Å². The number of rotatable bonds is 6. The Morgan fingerprint density at radius 3 is 2.29 bits per heavy atom. The predicted octanol–water partition coefficient (Wildman–Crippen LogP) is 0.940. The summed E-state index contributed by atoms with van der Waals surface area (Å²) in [6.07, 6.45) is 5.27. The SMILES string of the molecule is CC(C)N(CC(=O)O)CC(=O)NC(=O)NC1CCCCC1. The summed E-state index contributed by atoms with van der Waals surface area (Å²) < 4.78 is 0. The molecule has 1 fully saturated rings. The van der Waals surface area contributed by atoms with Crippen LogP contribution in [0, 0.1) is 0 Å². The summed E-state index contributed by atoms with van der Waals surface area (Å²) in [4.78, 5) is 35.7. The van der Waals surface area contributed by atoms with Crippen molar-refractivity contribution in [1.82, 2.24) is 15.5 Å². The first-order chi connectivity index (χ1) is 9.88. The monoisotopic (exact) mass is 299 g/mol. The molecule has 0 aromatic heterocycles. The van der Waals surface area contributed by atoms with Crippen molar-refractivity contribution in [3.63, 3.8) is 0 Å². The van der Waals surface area contributed by atoms with Crippen LogP contribution in [0.25, 0.3) is 0 Å². The van der Waals surface area contributed by atoms with Crippen molar-refractivity contribution in [2.75, 3.05) is 13.1 Å². The molecule has 0 atom stereocenters. The summed E-state index contributed by atoms with van der Waals surface area (Å²) in [7, 11) is 0. The summed E-state index contributed by atoms with van der Waals surface area (Å²) in [5.41, 5.74) is 0. The van der Waals surface area contributed by atoms with Gasteiger partial charge in [-0.3, -0.25) is 19.8 Å². The van der Waals surface area contributed by atoms with E-state index in [0.717, 1.165) is 25.7 Å². The van der Waals surface area contributed by atoms with E-state index in [9.17, 15) is 14.4 Å². The Bertz CT molecular complexity index is 378. The van der Waals surface area contributed by atoms with Gasteiger partial charge in [0.05, 0.1) is 13.1 Å². The van der Waals surface area contributed by atoms with Gasteiger partial charge >= 0.3 is 12.0 Å². The Balaban J connectivity index is 2.36. The van der Waals surface area contributed by atoms with E-state index in [1.807, 2.05) is 0 Å². The third kappa shape index (κ3) is 7.08. The van der Waals surface area contributed by atoms with E-state index < -0.39 is 17.9 Å². The second kappa shape index (κ2) is 8.61. The Hall–Kier alpha value is -1.63. The van der Waals surface area contributed by atoms with Crippen molar-refractivity contribution in [1.29, 1.82) is 0 Å². The summed E-state index contributed by atoms with van der Waals surface area (Å²) in [6, 6.07) is -0.453. The lowest BCUT2D eigenvalue weighted by Gasteiger charge is -2.25. The summed E-state index contributed by atoms with van der Waals surface area (Å²) >= 11 is 0. The predicted molar refractivity (Wildman–Crippen MR) is 77.9 cm³/mol. The standard InChI is InChI=1S/C14H25N3O4/c1-10(2)17(9-13(19)20)8-12(18)16-14(21)15-11-6-4-3-5-7-11/h10-11H,3-9H2,1-2H3,(H,19,20)(H2,15,16,18,21). The number of hydrogen-bond acceptors (Lipinski definition) is 4. The second-order valence-electron chi connectivity index (χ2n) is 5.75. The van der Waals surface area contributed by atoms with Crippen molar-refractivity contribution in [3.8, 4) is 0 Å². The highest BCUT2D eigenvalue weighted by Crippen LogP contribution is 2.17. The highest BCUT2D eigenvalue weighted by molar-refractivity contribution is 5.95. The number of aliphatic carboxylic acids is 1. The summed E-state index contributed by atoms with van der Waals surface area (Å²) in [5.74, 6) is -1.48. The molecule has 3 amide bonds. The van der Waals surface area contributed by atoms with Crippen molar-refractivity contribution in [2.45, 2.75) is 58.0 Å². The zero-order valence-electron chi connectivity index (χ0n) is 12.7. The van der Waals surface area contributed by atoms with Crippen LogP contribution in [0.15, 0.2) is 0 Å². The maximum absolute atomic E-state index is 11.8. The molecule has 0 unspecified atom stereocenters. The normalized spacial score (nSPS) is 16.0. The van der Waals surface area contributed by atoms with Crippen LogP contribution in [0.5, 0.6) is 0 Å². The average molecular weight is 299 g/mol. The van der Waals surface area contributed by atoms with E-state index in [0.29, 0.717) is 0 Å². The molecule has 0 aliphatic heterocycles. The number of carbonyl (C=O) groups excluding carboxylic acids is 2. The van der Waals surface area contributed by atoms with Gasteiger partial charge in [0.25, 0.3) is 0 Å². The second-order valence-corrected chi connectivity index (χ2v) is 5.75. The minimum Gasteiger partial charge on any atom is -0.480 e. The van der Waals surface area contributed by atoms with Gasteiger partial charge in [0.2, 0.25) is 5.91 Å². The number of nitrogens with one attached hydrogen (secondary N) is 2. The highest BCUT2D eigenvalue weighted by atomic mass is 16.4. The topological polar surface area (TPSA) is 98.7 Å². The molecule has 1 saturated carbocycles. The number of imide groups is 1. The number of urea groups is 1. The molecule has 0 spiro atoms. The van der Waals surface area contributed by atoms with Crippen molar-refractivity contribution in [3.05, 3.63) is 0 Å². The molecule has 7 heteroatoms. The van der Waals surface area contributed by atoms with Gasteiger partial charge in [-0.2, -0.15) is 0 Å². The lowest BCUT2D eigenvalue weighted by molar-refractivity contribution is -0.139.